The first-order valence-corrected chi connectivity index (χ1v) is 6.33. The number of nitrogens with one attached hydrogen (secondary N) is 1. The molecule has 0 aliphatic heterocycles. The molecular formula is C14H20FNO. The molecule has 1 saturated carbocycles. The first-order valence-electron chi connectivity index (χ1n) is 6.33. The molecule has 2 N–H and O–H groups in total. The summed E-state index contributed by atoms with van der Waals surface area (Å²) in [5.74, 6) is -0.189. The Kier molecular flexibility index (Phi) is 4.13. The van der Waals surface area contributed by atoms with Crippen LogP contribution in [0.5, 0.6) is 0 Å². The molecule has 2 nitrogen and oxygen atoms in total. The average Bonchev–Trinajstić information content (AvgIpc) is 2.82. The van der Waals surface area contributed by atoms with Crippen LogP contribution in [0.1, 0.15) is 42.9 Å². The minimum absolute atomic E-state index is 0.0571. The highest BCUT2D eigenvalue weighted by Crippen LogP contribution is 2.23. The van der Waals surface area contributed by atoms with Gasteiger partial charge in [0.2, 0.25) is 0 Å². The fraction of sp³-hybridized carbons (Fsp3) is 0.571. The Morgan fingerprint density at radius 2 is 2.12 bits per heavy atom. The number of halogens is 1. The summed E-state index contributed by atoms with van der Waals surface area (Å²) in [5, 5.41) is 12.9. The summed E-state index contributed by atoms with van der Waals surface area (Å²) in [6.45, 7) is 1.81. The summed E-state index contributed by atoms with van der Waals surface area (Å²) < 4.78 is 13.2. The summed E-state index contributed by atoms with van der Waals surface area (Å²) in [7, 11) is 0. The monoisotopic (exact) mass is 237 g/mol. The minimum Gasteiger partial charge on any atom is -0.394 e. The third kappa shape index (κ3) is 3.05. The molecule has 1 aromatic rings. The van der Waals surface area contributed by atoms with Crippen molar-refractivity contribution in [3.05, 3.63) is 35.1 Å². The number of hydrogen-bond acceptors (Lipinski definition) is 2. The molecule has 94 valence electrons. The van der Waals surface area contributed by atoms with Crippen LogP contribution in [0.15, 0.2) is 18.2 Å². The van der Waals surface area contributed by atoms with Gasteiger partial charge in [-0.2, -0.15) is 0 Å². The van der Waals surface area contributed by atoms with E-state index in [1.54, 1.807) is 13.0 Å². The maximum atomic E-state index is 13.2. The first-order chi connectivity index (χ1) is 8.20. The van der Waals surface area contributed by atoms with E-state index in [-0.39, 0.29) is 18.5 Å². The smallest absolute Gasteiger partial charge is 0.126 e. The van der Waals surface area contributed by atoms with E-state index in [9.17, 15) is 9.50 Å². The van der Waals surface area contributed by atoms with Gasteiger partial charge in [0.25, 0.3) is 0 Å². The molecule has 0 amide bonds. The van der Waals surface area contributed by atoms with E-state index in [0.717, 1.165) is 5.56 Å². The Hall–Kier alpha value is -0.930. The van der Waals surface area contributed by atoms with Gasteiger partial charge in [0.1, 0.15) is 5.82 Å². The Labute approximate surface area is 102 Å². The van der Waals surface area contributed by atoms with Crippen LogP contribution in [0.2, 0.25) is 0 Å². The zero-order chi connectivity index (χ0) is 12.3. The Bertz CT molecular complexity index is 374. The Morgan fingerprint density at radius 3 is 2.71 bits per heavy atom. The number of hydrogen-bond donors (Lipinski definition) is 2. The number of aliphatic hydroxyl groups excluding tert-OH is 1. The van der Waals surface area contributed by atoms with Crippen molar-refractivity contribution in [1.82, 2.24) is 5.32 Å². The van der Waals surface area contributed by atoms with E-state index in [1.165, 1.54) is 31.7 Å². The van der Waals surface area contributed by atoms with E-state index < -0.39 is 0 Å². The standard InChI is InChI=1S/C14H20FNO/c1-10-8-11(6-7-13(10)15)14(9-17)16-12-4-2-3-5-12/h6-8,12,14,16-17H,2-5,9H2,1H3. The van der Waals surface area contributed by atoms with Crippen LogP contribution in [-0.4, -0.2) is 17.8 Å². The second-order valence-electron chi connectivity index (χ2n) is 4.89. The van der Waals surface area contributed by atoms with Crippen LogP contribution < -0.4 is 5.32 Å². The predicted octanol–water partition coefficient (Wildman–Crippen LogP) is 2.70. The molecule has 1 aliphatic rings. The molecule has 0 heterocycles. The highest BCUT2D eigenvalue weighted by Gasteiger charge is 2.20. The van der Waals surface area contributed by atoms with Crippen LogP contribution in [0.3, 0.4) is 0 Å². The molecular weight excluding hydrogens is 217 g/mol. The predicted molar refractivity (Wildman–Crippen MR) is 66.4 cm³/mol. The van der Waals surface area contributed by atoms with Crippen LogP contribution in [0, 0.1) is 12.7 Å². The molecule has 0 radical (unpaired) electrons. The topological polar surface area (TPSA) is 32.3 Å². The average molecular weight is 237 g/mol. The summed E-state index contributed by atoms with van der Waals surface area (Å²) in [6.07, 6.45) is 4.88. The molecule has 3 heteroatoms. The van der Waals surface area contributed by atoms with Crippen molar-refractivity contribution >= 4 is 0 Å². The zero-order valence-electron chi connectivity index (χ0n) is 10.2. The zero-order valence-corrected chi connectivity index (χ0v) is 10.2. The number of rotatable bonds is 4. The van der Waals surface area contributed by atoms with E-state index in [1.807, 2.05) is 6.07 Å². The summed E-state index contributed by atoms with van der Waals surface area (Å²) in [6, 6.07) is 5.47. The Balaban J connectivity index is 2.08. The summed E-state index contributed by atoms with van der Waals surface area (Å²) >= 11 is 0. The highest BCUT2D eigenvalue weighted by atomic mass is 19.1. The van der Waals surface area contributed by atoms with Gasteiger partial charge in [-0.1, -0.05) is 25.0 Å². The minimum atomic E-state index is -0.189. The lowest BCUT2D eigenvalue weighted by Gasteiger charge is -2.22. The van der Waals surface area contributed by atoms with Crippen LogP contribution >= 0.6 is 0 Å². The maximum absolute atomic E-state index is 13.2. The van der Waals surface area contributed by atoms with Crippen molar-refractivity contribution in [2.24, 2.45) is 0 Å². The Morgan fingerprint density at radius 1 is 1.41 bits per heavy atom. The van der Waals surface area contributed by atoms with Gasteiger partial charge in [-0.05, 0) is 37.0 Å². The normalized spacial score (nSPS) is 18.5. The molecule has 0 spiro atoms. The van der Waals surface area contributed by atoms with E-state index in [2.05, 4.69) is 5.32 Å². The molecule has 1 fully saturated rings. The third-order valence-electron chi connectivity index (χ3n) is 3.56. The fourth-order valence-corrected chi connectivity index (χ4v) is 2.52. The molecule has 1 atom stereocenters. The molecule has 1 unspecified atom stereocenters. The quantitative estimate of drug-likeness (QED) is 0.844. The van der Waals surface area contributed by atoms with Gasteiger partial charge >= 0.3 is 0 Å². The van der Waals surface area contributed by atoms with Gasteiger partial charge in [0.05, 0.1) is 12.6 Å². The number of aliphatic hydroxyl groups is 1. The molecule has 0 aromatic heterocycles. The van der Waals surface area contributed by atoms with Crippen molar-refractivity contribution < 1.29 is 9.50 Å². The molecule has 0 saturated heterocycles. The van der Waals surface area contributed by atoms with Crippen LogP contribution in [-0.2, 0) is 0 Å². The molecule has 0 bridgehead atoms. The number of aryl methyl sites for hydroxylation is 1. The van der Waals surface area contributed by atoms with Gasteiger partial charge in [-0.15, -0.1) is 0 Å². The molecule has 1 aromatic carbocycles. The molecule has 1 aliphatic carbocycles. The highest BCUT2D eigenvalue weighted by molar-refractivity contribution is 5.26. The van der Waals surface area contributed by atoms with Crippen molar-refractivity contribution in [3.8, 4) is 0 Å². The molecule has 2 rings (SSSR count). The van der Waals surface area contributed by atoms with E-state index in [0.29, 0.717) is 11.6 Å². The van der Waals surface area contributed by atoms with Crippen molar-refractivity contribution in [2.75, 3.05) is 6.61 Å². The van der Waals surface area contributed by atoms with E-state index >= 15 is 0 Å². The van der Waals surface area contributed by atoms with Crippen molar-refractivity contribution in [1.29, 1.82) is 0 Å². The van der Waals surface area contributed by atoms with Crippen LogP contribution in [0.4, 0.5) is 4.39 Å². The van der Waals surface area contributed by atoms with Gasteiger partial charge in [0.15, 0.2) is 0 Å². The van der Waals surface area contributed by atoms with Crippen molar-refractivity contribution in [3.63, 3.8) is 0 Å². The number of benzene rings is 1. The van der Waals surface area contributed by atoms with Crippen LogP contribution in [0.25, 0.3) is 0 Å². The third-order valence-corrected chi connectivity index (χ3v) is 3.56. The summed E-state index contributed by atoms with van der Waals surface area (Å²) in [5.41, 5.74) is 1.60. The van der Waals surface area contributed by atoms with Gasteiger partial charge in [0, 0.05) is 6.04 Å². The second kappa shape index (κ2) is 5.61. The lowest BCUT2D eigenvalue weighted by atomic mass is 10.0. The summed E-state index contributed by atoms with van der Waals surface area (Å²) in [4.78, 5) is 0. The maximum Gasteiger partial charge on any atom is 0.126 e. The largest absolute Gasteiger partial charge is 0.394 e. The molecule has 17 heavy (non-hydrogen) atoms. The van der Waals surface area contributed by atoms with Gasteiger partial charge in [-0.25, -0.2) is 4.39 Å². The lowest BCUT2D eigenvalue weighted by molar-refractivity contribution is 0.233. The SMILES string of the molecule is Cc1cc(C(CO)NC2CCCC2)ccc1F. The lowest BCUT2D eigenvalue weighted by Crippen LogP contribution is -2.32. The van der Waals surface area contributed by atoms with Gasteiger partial charge in [-0.3, -0.25) is 0 Å². The second-order valence-corrected chi connectivity index (χ2v) is 4.89. The fourth-order valence-electron chi connectivity index (χ4n) is 2.52. The van der Waals surface area contributed by atoms with Crippen molar-refractivity contribution in [2.45, 2.75) is 44.7 Å². The van der Waals surface area contributed by atoms with E-state index in [4.69, 9.17) is 0 Å². The first kappa shape index (κ1) is 12.5. The van der Waals surface area contributed by atoms with Gasteiger partial charge < -0.3 is 10.4 Å².